The number of hydrogen-bond donors (Lipinski definition) is 2. The molecule has 4 rings (SSSR count). The van der Waals surface area contributed by atoms with Gasteiger partial charge in [-0.3, -0.25) is 14.1 Å². The van der Waals surface area contributed by atoms with Gasteiger partial charge in [-0.1, -0.05) is 12.5 Å². The molecule has 1 fully saturated rings. The van der Waals surface area contributed by atoms with Crippen molar-refractivity contribution in [2.75, 3.05) is 30.3 Å². The van der Waals surface area contributed by atoms with Gasteiger partial charge < -0.3 is 10.6 Å². The third kappa shape index (κ3) is 4.62. The molecule has 7 nitrogen and oxygen atoms in total. The SMILES string of the molecule is Cc1cc(C)n2c(CNc3ccc(C)c(NC(=O)CN4CCCCC4)c3)cnc2n1. The van der Waals surface area contributed by atoms with Crippen molar-refractivity contribution in [3.05, 3.63) is 53.1 Å². The molecule has 2 aromatic heterocycles. The molecular weight excluding hydrogens is 376 g/mol. The summed E-state index contributed by atoms with van der Waals surface area (Å²) < 4.78 is 2.06. The molecule has 1 aromatic carbocycles. The summed E-state index contributed by atoms with van der Waals surface area (Å²) in [6.45, 7) is 9.17. The molecule has 0 aliphatic carbocycles. The first-order valence-electron chi connectivity index (χ1n) is 10.7. The van der Waals surface area contributed by atoms with Crippen molar-refractivity contribution in [3.8, 4) is 0 Å². The number of fused-ring (bicyclic) bond motifs is 1. The Hall–Kier alpha value is -2.93. The van der Waals surface area contributed by atoms with Crippen molar-refractivity contribution in [3.63, 3.8) is 0 Å². The maximum Gasteiger partial charge on any atom is 0.238 e. The Morgan fingerprint density at radius 1 is 1.10 bits per heavy atom. The number of nitrogens with one attached hydrogen (secondary N) is 2. The number of carbonyl (C=O) groups is 1. The predicted octanol–water partition coefficient (Wildman–Crippen LogP) is 3.69. The van der Waals surface area contributed by atoms with Crippen LogP contribution in [0.25, 0.3) is 5.78 Å². The van der Waals surface area contributed by atoms with Crippen molar-refractivity contribution in [2.45, 2.75) is 46.6 Å². The Morgan fingerprint density at radius 2 is 1.90 bits per heavy atom. The summed E-state index contributed by atoms with van der Waals surface area (Å²) in [5.74, 6) is 0.773. The van der Waals surface area contributed by atoms with Crippen molar-refractivity contribution < 1.29 is 4.79 Å². The summed E-state index contributed by atoms with van der Waals surface area (Å²) in [5.41, 5.74) is 5.99. The Labute approximate surface area is 177 Å². The molecule has 158 valence electrons. The molecule has 0 radical (unpaired) electrons. The van der Waals surface area contributed by atoms with E-state index >= 15 is 0 Å². The van der Waals surface area contributed by atoms with Gasteiger partial charge in [-0.05, 0) is 70.5 Å². The van der Waals surface area contributed by atoms with Gasteiger partial charge in [0.05, 0.1) is 25.0 Å². The van der Waals surface area contributed by atoms with Crippen LogP contribution in [-0.2, 0) is 11.3 Å². The number of imidazole rings is 1. The van der Waals surface area contributed by atoms with Gasteiger partial charge in [0.25, 0.3) is 0 Å². The molecule has 1 aliphatic heterocycles. The fraction of sp³-hybridized carbons (Fsp3) is 0.435. The number of likely N-dealkylation sites (tertiary alicyclic amines) is 1. The smallest absolute Gasteiger partial charge is 0.238 e. The summed E-state index contributed by atoms with van der Waals surface area (Å²) in [6, 6.07) is 8.12. The van der Waals surface area contributed by atoms with E-state index in [2.05, 4.69) is 42.9 Å². The molecule has 0 bridgehead atoms. The van der Waals surface area contributed by atoms with Crippen LogP contribution in [0.2, 0.25) is 0 Å². The molecule has 3 heterocycles. The predicted molar refractivity (Wildman–Crippen MR) is 120 cm³/mol. The van der Waals surface area contributed by atoms with E-state index in [4.69, 9.17) is 0 Å². The standard InChI is InChI=1S/C23H30N6O/c1-16-7-8-19(12-21(16)27-22(30)15-28-9-5-4-6-10-28)24-13-20-14-25-23-26-17(2)11-18(3)29(20)23/h7-8,11-12,14,24H,4-6,9-10,13,15H2,1-3H3,(H,27,30). The zero-order valence-corrected chi connectivity index (χ0v) is 18.0. The number of piperidine rings is 1. The minimum atomic E-state index is 0.0519. The lowest BCUT2D eigenvalue weighted by molar-refractivity contribution is -0.117. The first-order chi connectivity index (χ1) is 14.5. The van der Waals surface area contributed by atoms with Gasteiger partial charge in [-0.25, -0.2) is 9.97 Å². The number of nitrogens with zero attached hydrogens (tertiary/aromatic N) is 4. The van der Waals surface area contributed by atoms with Gasteiger partial charge in [0, 0.05) is 22.8 Å². The van der Waals surface area contributed by atoms with Gasteiger partial charge in [-0.15, -0.1) is 0 Å². The highest BCUT2D eigenvalue weighted by atomic mass is 16.2. The van der Waals surface area contributed by atoms with Crippen LogP contribution in [0.5, 0.6) is 0 Å². The number of benzene rings is 1. The van der Waals surface area contributed by atoms with Gasteiger partial charge >= 0.3 is 0 Å². The van der Waals surface area contributed by atoms with Crippen LogP contribution in [-0.4, -0.2) is 44.8 Å². The lowest BCUT2D eigenvalue weighted by Crippen LogP contribution is -2.36. The summed E-state index contributed by atoms with van der Waals surface area (Å²) in [6.07, 6.45) is 5.50. The Balaban J connectivity index is 1.42. The van der Waals surface area contributed by atoms with E-state index in [9.17, 15) is 4.79 Å². The maximum absolute atomic E-state index is 12.5. The average Bonchev–Trinajstić information content (AvgIpc) is 3.12. The molecule has 0 spiro atoms. The van der Waals surface area contributed by atoms with E-state index in [1.807, 2.05) is 38.2 Å². The fourth-order valence-electron chi connectivity index (χ4n) is 4.09. The third-order valence-corrected chi connectivity index (χ3v) is 5.66. The van der Waals surface area contributed by atoms with E-state index in [0.29, 0.717) is 13.1 Å². The van der Waals surface area contributed by atoms with Crippen molar-refractivity contribution in [1.29, 1.82) is 0 Å². The quantitative estimate of drug-likeness (QED) is 0.653. The largest absolute Gasteiger partial charge is 0.379 e. The topological polar surface area (TPSA) is 74.6 Å². The molecule has 0 saturated carbocycles. The highest BCUT2D eigenvalue weighted by molar-refractivity contribution is 5.93. The number of aromatic nitrogens is 3. The second-order valence-electron chi connectivity index (χ2n) is 8.19. The summed E-state index contributed by atoms with van der Waals surface area (Å²) in [7, 11) is 0. The monoisotopic (exact) mass is 406 g/mol. The molecular formula is C23H30N6O. The van der Waals surface area contributed by atoms with E-state index in [-0.39, 0.29) is 5.91 Å². The Morgan fingerprint density at radius 3 is 2.70 bits per heavy atom. The molecule has 30 heavy (non-hydrogen) atoms. The van der Waals surface area contributed by atoms with E-state index in [1.54, 1.807) is 0 Å². The number of hydrogen-bond acceptors (Lipinski definition) is 5. The minimum Gasteiger partial charge on any atom is -0.379 e. The van der Waals surface area contributed by atoms with Crippen LogP contribution in [0.15, 0.2) is 30.5 Å². The average molecular weight is 407 g/mol. The first-order valence-corrected chi connectivity index (χ1v) is 10.7. The molecule has 2 N–H and O–H groups in total. The number of aryl methyl sites for hydroxylation is 3. The zero-order valence-electron chi connectivity index (χ0n) is 18.0. The van der Waals surface area contributed by atoms with Gasteiger partial charge in [0.1, 0.15) is 0 Å². The second-order valence-corrected chi connectivity index (χ2v) is 8.19. The highest BCUT2D eigenvalue weighted by Crippen LogP contribution is 2.21. The van der Waals surface area contributed by atoms with Crippen LogP contribution in [0.4, 0.5) is 11.4 Å². The minimum absolute atomic E-state index is 0.0519. The van der Waals surface area contributed by atoms with E-state index in [1.165, 1.54) is 19.3 Å². The molecule has 3 aromatic rings. The van der Waals surface area contributed by atoms with Crippen molar-refractivity contribution in [2.24, 2.45) is 0 Å². The van der Waals surface area contributed by atoms with Gasteiger partial charge in [0.15, 0.2) is 0 Å². The van der Waals surface area contributed by atoms with Crippen LogP contribution in [0, 0.1) is 20.8 Å². The lowest BCUT2D eigenvalue weighted by atomic mass is 10.1. The van der Waals surface area contributed by atoms with E-state index in [0.717, 1.165) is 52.9 Å². The fourth-order valence-corrected chi connectivity index (χ4v) is 4.09. The summed E-state index contributed by atoms with van der Waals surface area (Å²) >= 11 is 0. The van der Waals surface area contributed by atoms with Gasteiger partial charge in [0.2, 0.25) is 11.7 Å². The number of anilines is 2. The number of carbonyl (C=O) groups excluding carboxylic acids is 1. The molecule has 1 aliphatic rings. The number of amides is 1. The summed E-state index contributed by atoms with van der Waals surface area (Å²) in [4.78, 5) is 23.7. The van der Waals surface area contributed by atoms with Crippen LogP contribution in [0.3, 0.4) is 0 Å². The number of rotatable bonds is 6. The van der Waals surface area contributed by atoms with Crippen molar-refractivity contribution in [1.82, 2.24) is 19.3 Å². The Kier molecular flexibility index (Phi) is 5.99. The van der Waals surface area contributed by atoms with E-state index < -0.39 is 0 Å². The van der Waals surface area contributed by atoms with Crippen LogP contribution >= 0.6 is 0 Å². The maximum atomic E-state index is 12.5. The summed E-state index contributed by atoms with van der Waals surface area (Å²) in [5, 5.41) is 6.54. The van der Waals surface area contributed by atoms with Crippen molar-refractivity contribution >= 4 is 23.1 Å². The molecule has 1 saturated heterocycles. The Bertz CT molecular complexity index is 1050. The molecule has 0 atom stereocenters. The molecule has 7 heteroatoms. The zero-order chi connectivity index (χ0) is 21.1. The first kappa shape index (κ1) is 20.3. The molecule has 1 amide bonds. The van der Waals surface area contributed by atoms with Crippen LogP contribution in [0.1, 0.15) is 41.9 Å². The second kappa shape index (κ2) is 8.83. The van der Waals surface area contributed by atoms with Gasteiger partial charge in [-0.2, -0.15) is 0 Å². The molecule has 0 unspecified atom stereocenters. The van der Waals surface area contributed by atoms with Crippen LogP contribution < -0.4 is 10.6 Å². The lowest BCUT2D eigenvalue weighted by Gasteiger charge is -2.25. The third-order valence-electron chi connectivity index (χ3n) is 5.66. The highest BCUT2D eigenvalue weighted by Gasteiger charge is 2.15. The normalized spacial score (nSPS) is 14.8.